The van der Waals surface area contributed by atoms with E-state index in [1.54, 1.807) is 12.1 Å². The fourth-order valence-corrected chi connectivity index (χ4v) is 5.30. The second-order valence-corrected chi connectivity index (χ2v) is 11.5. The minimum atomic E-state index is -3.89. The predicted molar refractivity (Wildman–Crippen MR) is 142 cm³/mol. The molecule has 0 radical (unpaired) electrons. The van der Waals surface area contributed by atoms with E-state index in [1.807, 2.05) is 13.0 Å². The van der Waals surface area contributed by atoms with Gasteiger partial charge in [-0.15, -0.1) is 6.58 Å². The van der Waals surface area contributed by atoms with E-state index < -0.39 is 26.0 Å². The molecule has 3 aromatic carbocycles. The van der Waals surface area contributed by atoms with Crippen molar-refractivity contribution >= 4 is 43.0 Å². The van der Waals surface area contributed by atoms with Crippen molar-refractivity contribution in [1.82, 2.24) is 0 Å². The molecule has 0 aliphatic rings. The minimum Gasteiger partial charge on any atom is -0.495 e. The Bertz CT molecular complexity index is 1470. The molecule has 0 saturated carbocycles. The topological polar surface area (TPSA) is 122 Å². The van der Waals surface area contributed by atoms with Crippen LogP contribution in [-0.4, -0.2) is 42.7 Å². The third-order valence-electron chi connectivity index (χ3n) is 5.13. The van der Waals surface area contributed by atoms with Gasteiger partial charge in [-0.05, 0) is 73.2 Å². The molecule has 3 aromatic rings. The number of carbonyl (C=O) groups is 1. The highest BCUT2D eigenvalue weighted by Gasteiger charge is 2.18. The highest BCUT2D eigenvalue weighted by atomic mass is 32.2. The maximum Gasteiger partial charge on any atom is 0.262 e. The molecule has 11 heteroatoms. The molecule has 0 aromatic heterocycles. The lowest BCUT2D eigenvalue weighted by Gasteiger charge is -2.20. The summed E-state index contributed by atoms with van der Waals surface area (Å²) in [6.07, 6.45) is 2.56. The van der Waals surface area contributed by atoms with Gasteiger partial charge < -0.3 is 10.1 Å². The van der Waals surface area contributed by atoms with Crippen LogP contribution in [0.25, 0.3) is 0 Å². The quantitative estimate of drug-likeness (QED) is 0.383. The Balaban J connectivity index is 1.73. The molecule has 0 saturated heterocycles. The highest BCUT2D eigenvalue weighted by molar-refractivity contribution is 7.92. The second-order valence-electron chi connectivity index (χ2n) is 7.92. The molecular formula is C25H27N3O6S2. The number of nitrogens with one attached hydrogen (secondary N) is 2. The molecule has 2 N–H and O–H groups in total. The van der Waals surface area contributed by atoms with E-state index in [4.69, 9.17) is 4.74 Å². The number of benzene rings is 3. The molecular weight excluding hydrogens is 502 g/mol. The van der Waals surface area contributed by atoms with Crippen LogP contribution in [0.5, 0.6) is 5.75 Å². The molecule has 9 nitrogen and oxygen atoms in total. The summed E-state index contributed by atoms with van der Waals surface area (Å²) in [5.74, 6) is -0.0439. The van der Waals surface area contributed by atoms with Gasteiger partial charge in [-0.25, -0.2) is 16.8 Å². The summed E-state index contributed by atoms with van der Waals surface area (Å²) in [6, 6.07) is 16.9. The molecule has 0 fully saturated rings. The predicted octanol–water partition coefficient (Wildman–Crippen LogP) is 4.01. The van der Waals surface area contributed by atoms with Crippen LogP contribution in [-0.2, 0) is 20.0 Å². The van der Waals surface area contributed by atoms with E-state index in [0.717, 1.165) is 11.8 Å². The lowest BCUT2D eigenvalue weighted by Crippen LogP contribution is -2.29. The van der Waals surface area contributed by atoms with Gasteiger partial charge in [-0.2, -0.15) is 0 Å². The fraction of sp³-hybridized carbons (Fsp3) is 0.160. The number of rotatable bonds is 10. The minimum absolute atomic E-state index is 0.0106. The SMILES string of the molecule is C=CCN(c1ccc(C(=O)Nc2ccc(S(=O)(=O)Nc3cc(C)ccc3OC)cc2)cc1)S(C)(=O)=O. The zero-order chi connectivity index (χ0) is 26.5. The monoisotopic (exact) mass is 529 g/mol. The Hall–Kier alpha value is -3.83. The number of carbonyl (C=O) groups excluding carboxylic acids is 1. The molecule has 0 atom stereocenters. The van der Waals surface area contributed by atoms with Crippen LogP contribution < -0.4 is 19.1 Å². The van der Waals surface area contributed by atoms with Crippen molar-refractivity contribution in [2.24, 2.45) is 0 Å². The van der Waals surface area contributed by atoms with Gasteiger partial charge >= 0.3 is 0 Å². The van der Waals surface area contributed by atoms with Crippen LogP contribution in [0.15, 0.2) is 84.3 Å². The Morgan fingerprint density at radius 1 is 1.00 bits per heavy atom. The first kappa shape index (κ1) is 26.8. The van der Waals surface area contributed by atoms with Crippen molar-refractivity contribution in [2.75, 3.05) is 34.3 Å². The van der Waals surface area contributed by atoms with Gasteiger partial charge in [0.2, 0.25) is 10.0 Å². The van der Waals surface area contributed by atoms with Crippen molar-refractivity contribution < 1.29 is 26.4 Å². The summed E-state index contributed by atoms with van der Waals surface area (Å²) >= 11 is 0. The molecule has 0 heterocycles. The molecule has 0 aliphatic carbocycles. The van der Waals surface area contributed by atoms with Crippen molar-refractivity contribution in [3.05, 3.63) is 90.5 Å². The summed E-state index contributed by atoms with van der Waals surface area (Å²) in [5, 5.41) is 2.69. The first-order valence-electron chi connectivity index (χ1n) is 10.7. The van der Waals surface area contributed by atoms with Crippen LogP contribution >= 0.6 is 0 Å². The second kappa shape index (κ2) is 10.8. The van der Waals surface area contributed by atoms with Gasteiger partial charge in [0.1, 0.15) is 5.75 Å². The van der Waals surface area contributed by atoms with Crippen molar-refractivity contribution in [1.29, 1.82) is 0 Å². The number of sulfonamides is 2. The first-order valence-corrected chi connectivity index (χ1v) is 14.1. The largest absolute Gasteiger partial charge is 0.495 e. The Morgan fingerprint density at radius 3 is 2.19 bits per heavy atom. The zero-order valence-corrected chi connectivity index (χ0v) is 21.7. The van der Waals surface area contributed by atoms with Gasteiger partial charge in [0.25, 0.3) is 15.9 Å². The summed E-state index contributed by atoms with van der Waals surface area (Å²) in [4.78, 5) is 12.7. The lowest BCUT2D eigenvalue weighted by atomic mass is 10.2. The van der Waals surface area contributed by atoms with Gasteiger partial charge in [0, 0.05) is 11.3 Å². The zero-order valence-electron chi connectivity index (χ0n) is 20.1. The van der Waals surface area contributed by atoms with Crippen LogP contribution in [0.1, 0.15) is 15.9 Å². The number of anilines is 3. The van der Waals surface area contributed by atoms with Gasteiger partial charge in [-0.3, -0.25) is 13.8 Å². The molecule has 190 valence electrons. The molecule has 1 amide bonds. The van der Waals surface area contributed by atoms with E-state index >= 15 is 0 Å². The first-order chi connectivity index (χ1) is 16.9. The Kier molecular flexibility index (Phi) is 8.06. The van der Waals surface area contributed by atoms with Crippen LogP contribution in [0, 0.1) is 6.92 Å². The maximum atomic E-state index is 12.8. The molecule has 0 bridgehead atoms. The van der Waals surface area contributed by atoms with Crippen LogP contribution in [0.3, 0.4) is 0 Å². The van der Waals surface area contributed by atoms with Crippen molar-refractivity contribution in [3.8, 4) is 5.75 Å². The van der Waals surface area contributed by atoms with E-state index in [9.17, 15) is 21.6 Å². The molecule has 36 heavy (non-hydrogen) atoms. The van der Waals surface area contributed by atoms with E-state index in [1.165, 1.54) is 66.0 Å². The van der Waals surface area contributed by atoms with E-state index in [0.29, 0.717) is 28.4 Å². The van der Waals surface area contributed by atoms with Crippen molar-refractivity contribution in [3.63, 3.8) is 0 Å². The Morgan fingerprint density at radius 2 is 1.64 bits per heavy atom. The van der Waals surface area contributed by atoms with Gasteiger partial charge in [0.05, 0.1) is 36.2 Å². The average Bonchev–Trinajstić information content (AvgIpc) is 2.82. The number of aryl methyl sites for hydroxylation is 1. The number of amides is 1. The van der Waals surface area contributed by atoms with E-state index in [-0.39, 0.29) is 11.4 Å². The highest BCUT2D eigenvalue weighted by Crippen LogP contribution is 2.28. The van der Waals surface area contributed by atoms with Crippen LogP contribution in [0.2, 0.25) is 0 Å². The van der Waals surface area contributed by atoms with Gasteiger partial charge in [-0.1, -0.05) is 12.1 Å². The number of methoxy groups -OCH3 is 1. The average molecular weight is 530 g/mol. The van der Waals surface area contributed by atoms with Gasteiger partial charge in [0.15, 0.2) is 0 Å². The molecule has 0 aliphatic heterocycles. The Labute approximate surface area is 211 Å². The summed E-state index contributed by atoms with van der Waals surface area (Å²) in [6.45, 7) is 5.51. The smallest absolute Gasteiger partial charge is 0.262 e. The molecule has 3 rings (SSSR count). The third-order valence-corrected chi connectivity index (χ3v) is 7.68. The number of hydrogen-bond donors (Lipinski definition) is 2. The van der Waals surface area contributed by atoms with E-state index in [2.05, 4.69) is 16.6 Å². The van der Waals surface area contributed by atoms with Crippen LogP contribution in [0.4, 0.5) is 17.1 Å². The lowest BCUT2D eigenvalue weighted by molar-refractivity contribution is 0.102. The maximum absolute atomic E-state index is 12.8. The molecule has 0 unspecified atom stereocenters. The number of hydrogen-bond acceptors (Lipinski definition) is 6. The summed E-state index contributed by atoms with van der Waals surface area (Å²) < 4.78 is 58.5. The van der Waals surface area contributed by atoms with Crippen molar-refractivity contribution in [2.45, 2.75) is 11.8 Å². The molecule has 0 spiro atoms. The summed E-state index contributed by atoms with van der Waals surface area (Å²) in [7, 11) is -5.94. The number of nitrogens with zero attached hydrogens (tertiary/aromatic N) is 1. The summed E-state index contributed by atoms with van der Waals surface area (Å²) in [5.41, 5.74) is 2.28. The number of ether oxygens (including phenoxy) is 1. The third kappa shape index (κ3) is 6.43. The normalized spacial score (nSPS) is 11.4. The standard InChI is InChI=1S/C25H27N3O6S2/c1-5-16-28(35(4,30)31)21-11-7-19(8-12-21)25(29)26-20-9-13-22(14-10-20)36(32,33)27-23-17-18(2)6-15-24(23)34-3/h5-15,17,27H,1,16H2,2-4H3,(H,26,29). The fourth-order valence-electron chi connectivity index (χ4n) is 3.35.